The number of hydrogen-bond donors (Lipinski definition) is 2. The van der Waals surface area contributed by atoms with Crippen molar-refractivity contribution in [1.82, 2.24) is 0 Å². The first-order valence-corrected chi connectivity index (χ1v) is 4.25. The van der Waals surface area contributed by atoms with E-state index in [1.807, 2.05) is 0 Å². The molecule has 0 heterocycles. The fourth-order valence-electron chi connectivity index (χ4n) is 1.72. The van der Waals surface area contributed by atoms with E-state index in [9.17, 15) is 4.79 Å². The van der Waals surface area contributed by atoms with Gasteiger partial charge >= 0.3 is 0 Å². The summed E-state index contributed by atoms with van der Waals surface area (Å²) in [6, 6.07) is -0.418. The van der Waals surface area contributed by atoms with Crippen molar-refractivity contribution < 1.29 is 4.79 Å². The van der Waals surface area contributed by atoms with Gasteiger partial charge in [-0.3, -0.25) is 4.79 Å². The monoisotopic (exact) mass is 192 g/mol. The number of nitrogens with two attached hydrogens (primary N) is 2. The van der Waals surface area contributed by atoms with E-state index < -0.39 is 6.04 Å². The first-order valence-electron chi connectivity index (χ1n) is 4.25. The fourth-order valence-corrected chi connectivity index (χ4v) is 1.72. The summed E-state index contributed by atoms with van der Waals surface area (Å²) < 4.78 is 0. The van der Waals surface area contributed by atoms with Crippen molar-refractivity contribution in [3.63, 3.8) is 0 Å². The average Bonchev–Trinajstić information content (AvgIpc) is 2.39. The third-order valence-corrected chi connectivity index (χ3v) is 2.43. The normalized spacial score (nSPS) is 20.1. The fraction of sp³-hybridized carbons (Fsp3) is 0.875. The molecule has 1 aliphatic rings. The second kappa shape index (κ2) is 5.38. The molecule has 3 nitrogen and oxygen atoms in total. The van der Waals surface area contributed by atoms with E-state index in [4.69, 9.17) is 11.5 Å². The van der Waals surface area contributed by atoms with Gasteiger partial charge in [0.25, 0.3) is 0 Å². The smallest absolute Gasteiger partial charge is 0.234 e. The van der Waals surface area contributed by atoms with Crippen LogP contribution < -0.4 is 11.5 Å². The van der Waals surface area contributed by atoms with Crippen LogP contribution in [-0.2, 0) is 4.79 Å². The predicted molar refractivity (Wildman–Crippen MR) is 51.0 cm³/mol. The Bertz CT molecular complexity index is 146. The van der Waals surface area contributed by atoms with Crippen LogP contribution in [0.2, 0.25) is 0 Å². The molecule has 1 atom stereocenters. The van der Waals surface area contributed by atoms with Crippen LogP contribution in [0.25, 0.3) is 0 Å². The average molecular weight is 193 g/mol. The number of primary amides is 1. The van der Waals surface area contributed by atoms with Crippen molar-refractivity contribution in [1.29, 1.82) is 0 Å². The maximum Gasteiger partial charge on any atom is 0.234 e. The zero-order chi connectivity index (χ0) is 8.27. The SMILES string of the molecule is Cl.NC(=O)[C@@H](N)CC1CCCC1. The van der Waals surface area contributed by atoms with Gasteiger partial charge in [0.05, 0.1) is 6.04 Å². The second-order valence-corrected chi connectivity index (χ2v) is 3.40. The maximum atomic E-state index is 10.6. The van der Waals surface area contributed by atoms with Crippen molar-refractivity contribution in [3.05, 3.63) is 0 Å². The molecule has 4 heteroatoms. The summed E-state index contributed by atoms with van der Waals surface area (Å²) in [6.07, 6.45) is 5.81. The predicted octanol–water partition coefficient (Wildman–Crippen LogP) is 0.801. The molecule has 1 saturated carbocycles. The number of rotatable bonds is 3. The summed E-state index contributed by atoms with van der Waals surface area (Å²) in [5, 5.41) is 0. The molecule has 0 unspecified atom stereocenters. The Labute approximate surface area is 79.3 Å². The number of carbonyl (C=O) groups excluding carboxylic acids is 1. The van der Waals surface area contributed by atoms with E-state index in [2.05, 4.69) is 0 Å². The molecule has 1 fully saturated rings. The topological polar surface area (TPSA) is 69.1 Å². The van der Waals surface area contributed by atoms with E-state index in [-0.39, 0.29) is 18.3 Å². The Hall–Kier alpha value is -0.280. The first kappa shape index (κ1) is 11.7. The summed E-state index contributed by atoms with van der Waals surface area (Å²) in [4.78, 5) is 10.6. The Morgan fingerprint density at radius 3 is 2.33 bits per heavy atom. The first-order chi connectivity index (χ1) is 5.20. The van der Waals surface area contributed by atoms with Crippen molar-refractivity contribution in [2.24, 2.45) is 17.4 Å². The highest BCUT2D eigenvalue weighted by Crippen LogP contribution is 2.27. The van der Waals surface area contributed by atoms with Crippen LogP contribution in [0.4, 0.5) is 0 Å². The molecule has 1 amide bonds. The van der Waals surface area contributed by atoms with Gasteiger partial charge in [0, 0.05) is 0 Å². The van der Waals surface area contributed by atoms with Crippen LogP contribution in [0, 0.1) is 5.92 Å². The lowest BCUT2D eigenvalue weighted by Crippen LogP contribution is -2.37. The highest BCUT2D eigenvalue weighted by atomic mass is 35.5. The van der Waals surface area contributed by atoms with Gasteiger partial charge in [-0.1, -0.05) is 25.7 Å². The third-order valence-electron chi connectivity index (χ3n) is 2.43. The van der Waals surface area contributed by atoms with Gasteiger partial charge in [0.1, 0.15) is 0 Å². The Kier molecular flexibility index (Phi) is 5.25. The van der Waals surface area contributed by atoms with Crippen molar-refractivity contribution >= 4 is 18.3 Å². The molecular formula is C8H17ClN2O. The zero-order valence-corrected chi connectivity index (χ0v) is 7.98. The molecule has 0 spiro atoms. The highest BCUT2D eigenvalue weighted by Gasteiger charge is 2.20. The molecule has 0 saturated heterocycles. The summed E-state index contributed by atoms with van der Waals surface area (Å²) in [6.45, 7) is 0. The second-order valence-electron chi connectivity index (χ2n) is 3.40. The molecule has 12 heavy (non-hydrogen) atoms. The Morgan fingerprint density at radius 1 is 1.42 bits per heavy atom. The van der Waals surface area contributed by atoms with Gasteiger partial charge in [-0.15, -0.1) is 12.4 Å². The van der Waals surface area contributed by atoms with Gasteiger partial charge < -0.3 is 11.5 Å². The maximum absolute atomic E-state index is 10.6. The van der Waals surface area contributed by atoms with Gasteiger partial charge in [0.2, 0.25) is 5.91 Å². The van der Waals surface area contributed by atoms with Gasteiger partial charge in [-0.2, -0.15) is 0 Å². The van der Waals surface area contributed by atoms with Crippen LogP contribution in [0.3, 0.4) is 0 Å². The molecule has 4 N–H and O–H groups in total. The molecule has 0 aliphatic heterocycles. The molecule has 0 bridgehead atoms. The summed E-state index contributed by atoms with van der Waals surface area (Å²) in [7, 11) is 0. The Morgan fingerprint density at radius 2 is 1.92 bits per heavy atom. The summed E-state index contributed by atoms with van der Waals surface area (Å²) >= 11 is 0. The van der Waals surface area contributed by atoms with E-state index >= 15 is 0 Å². The lowest BCUT2D eigenvalue weighted by atomic mass is 9.99. The number of halogens is 1. The van der Waals surface area contributed by atoms with E-state index in [1.54, 1.807) is 0 Å². The van der Waals surface area contributed by atoms with Crippen molar-refractivity contribution in [2.75, 3.05) is 0 Å². The molecule has 0 aromatic heterocycles. The van der Waals surface area contributed by atoms with E-state index in [1.165, 1.54) is 25.7 Å². The third kappa shape index (κ3) is 3.41. The summed E-state index contributed by atoms with van der Waals surface area (Å²) in [5.74, 6) is 0.286. The largest absolute Gasteiger partial charge is 0.368 e. The van der Waals surface area contributed by atoms with Gasteiger partial charge in [0.15, 0.2) is 0 Å². The zero-order valence-electron chi connectivity index (χ0n) is 7.16. The lowest BCUT2D eigenvalue weighted by molar-refractivity contribution is -0.119. The molecule has 0 aromatic rings. The number of amides is 1. The van der Waals surface area contributed by atoms with Crippen LogP contribution in [0.15, 0.2) is 0 Å². The summed E-state index contributed by atoms with van der Waals surface area (Å²) in [5.41, 5.74) is 10.6. The molecule has 72 valence electrons. The standard InChI is InChI=1S/C8H16N2O.ClH/c9-7(8(10)11)5-6-3-1-2-4-6;/h6-7H,1-5,9H2,(H2,10,11);1H/t7-;/m0./s1. The lowest BCUT2D eigenvalue weighted by Gasteiger charge is -2.12. The quantitative estimate of drug-likeness (QED) is 0.695. The van der Waals surface area contributed by atoms with Gasteiger partial charge in [-0.25, -0.2) is 0 Å². The molecule has 1 rings (SSSR count). The van der Waals surface area contributed by atoms with Gasteiger partial charge in [-0.05, 0) is 12.3 Å². The van der Waals surface area contributed by atoms with Crippen LogP contribution in [0.5, 0.6) is 0 Å². The van der Waals surface area contributed by atoms with Crippen molar-refractivity contribution in [2.45, 2.75) is 38.1 Å². The molecular weight excluding hydrogens is 176 g/mol. The number of hydrogen-bond acceptors (Lipinski definition) is 2. The molecule has 0 radical (unpaired) electrons. The van der Waals surface area contributed by atoms with E-state index in [0.29, 0.717) is 5.92 Å². The van der Waals surface area contributed by atoms with Crippen LogP contribution >= 0.6 is 12.4 Å². The van der Waals surface area contributed by atoms with E-state index in [0.717, 1.165) is 6.42 Å². The molecule has 0 aromatic carbocycles. The minimum Gasteiger partial charge on any atom is -0.368 e. The number of carbonyl (C=O) groups is 1. The van der Waals surface area contributed by atoms with Crippen LogP contribution in [0.1, 0.15) is 32.1 Å². The van der Waals surface area contributed by atoms with Crippen LogP contribution in [-0.4, -0.2) is 11.9 Å². The van der Waals surface area contributed by atoms with Crippen molar-refractivity contribution in [3.8, 4) is 0 Å². The highest BCUT2D eigenvalue weighted by molar-refractivity contribution is 5.85. The minimum absolute atomic E-state index is 0. The molecule has 1 aliphatic carbocycles. The minimum atomic E-state index is -0.418. The Balaban J connectivity index is 0.00000121.